The van der Waals surface area contributed by atoms with Crippen molar-refractivity contribution in [2.45, 2.75) is 30.8 Å². The molecule has 2 aromatic carbocycles. The van der Waals surface area contributed by atoms with Crippen molar-refractivity contribution in [2.75, 3.05) is 0 Å². The van der Waals surface area contributed by atoms with Gasteiger partial charge in [-0.05, 0) is 42.3 Å². The van der Waals surface area contributed by atoms with Gasteiger partial charge in [0.25, 0.3) is 5.56 Å². The van der Waals surface area contributed by atoms with Crippen molar-refractivity contribution in [3.8, 4) is 6.07 Å². The van der Waals surface area contributed by atoms with Gasteiger partial charge < -0.3 is 0 Å². The minimum atomic E-state index is -0.0363. The van der Waals surface area contributed by atoms with Crippen LogP contribution in [0.3, 0.4) is 0 Å². The molecule has 126 valence electrons. The largest absolute Gasteiger partial charge is 0.287 e. The van der Waals surface area contributed by atoms with Crippen molar-refractivity contribution in [3.05, 3.63) is 69.0 Å². The number of aromatic nitrogens is 2. The van der Waals surface area contributed by atoms with Crippen LogP contribution in [0.4, 0.5) is 0 Å². The maximum absolute atomic E-state index is 12.8. The summed E-state index contributed by atoms with van der Waals surface area (Å²) in [6.45, 7) is 2.66. The van der Waals surface area contributed by atoms with Crippen molar-refractivity contribution >= 4 is 34.3 Å². The fourth-order valence-electron chi connectivity index (χ4n) is 2.53. The third-order valence-corrected chi connectivity index (χ3v) is 5.06. The summed E-state index contributed by atoms with van der Waals surface area (Å²) in [5, 5.41) is 10.7. The monoisotopic (exact) mass is 369 g/mol. The lowest BCUT2D eigenvalue weighted by Gasteiger charge is -2.12. The molecule has 0 bridgehead atoms. The molecule has 0 aliphatic carbocycles. The van der Waals surface area contributed by atoms with Crippen LogP contribution in [-0.2, 0) is 12.3 Å². The number of rotatable bonds is 5. The smallest absolute Gasteiger partial charge is 0.262 e. The van der Waals surface area contributed by atoms with Gasteiger partial charge in [0.15, 0.2) is 5.16 Å². The van der Waals surface area contributed by atoms with E-state index in [1.807, 2.05) is 19.1 Å². The van der Waals surface area contributed by atoms with Gasteiger partial charge in [0.1, 0.15) is 0 Å². The van der Waals surface area contributed by atoms with E-state index >= 15 is 0 Å². The number of halogens is 1. The Morgan fingerprint density at radius 1 is 1.24 bits per heavy atom. The number of fused-ring (bicyclic) bond motifs is 1. The molecule has 0 amide bonds. The number of nitrogens with zero attached hydrogens (tertiary/aromatic N) is 3. The molecule has 0 N–H and O–H groups in total. The molecule has 0 atom stereocenters. The first-order chi connectivity index (χ1) is 12.1. The van der Waals surface area contributed by atoms with Gasteiger partial charge in [-0.2, -0.15) is 5.26 Å². The van der Waals surface area contributed by atoms with Crippen molar-refractivity contribution in [1.82, 2.24) is 9.55 Å². The zero-order valence-corrected chi connectivity index (χ0v) is 15.3. The Bertz CT molecular complexity index is 1010. The van der Waals surface area contributed by atoms with E-state index < -0.39 is 0 Å². The predicted molar refractivity (Wildman–Crippen MR) is 102 cm³/mol. The first-order valence-electron chi connectivity index (χ1n) is 7.94. The molecule has 0 fully saturated rings. The van der Waals surface area contributed by atoms with Gasteiger partial charge in [0.2, 0.25) is 0 Å². The summed E-state index contributed by atoms with van der Waals surface area (Å²) in [6, 6.07) is 14.7. The number of benzene rings is 2. The molecule has 0 aliphatic rings. The maximum atomic E-state index is 12.8. The summed E-state index contributed by atoms with van der Waals surface area (Å²) in [5.41, 5.74) is 2.29. The second kappa shape index (κ2) is 7.73. The number of hydrogen-bond acceptors (Lipinski definition) is 4. The van der Waals surface area contributed by atoms with E-state index in [1.54, 1.807) is 34.9 Å². The minimum absolute atomic E-state index is 0.0363. The first kappa shape index (κ1) is 17.5. The van der Waals surface area contributed by atoms with Crippen LogP contribution < -0.4 is 5.56 Å². The minimum Gasteiger partial charge on any atom is -0.287 e. The summed E-state index contributed by atoms with van der Waals surface area (Å²) >= 11 is 7.56. The van der Waals surface area contributed by atoms with Crippen LogP contribution in [0.25, 0.3) is 10.9 Å². The summed E-state index contributed by atoms with van der Waals surface area (Å²) in [5.74, 6) is 0.675. The third-order valence-electron chi connectivity index (χ3n) is 3.78. The van der Waals surface area contributed by atoms with E-state index in [0.717, 1.165) is 12.0 Å². The molecule has 0 unspecified atom stereocenters. The van der Waals surface area contributed by atoms with Gasteiger partial charge in [0.05, 0.1) is 22.5 Å². The quantitative estimate of drug-likeness (QED) is 0.486. The summed E-state index contributed by atoms with van der Waals surface area (Å²) in [7, 11) is 0. The van der Waals surface area contributed by atoms with Crippen LogP contribution in [-0.4, -0.2) is 9.55 Å². The molecule has 25 heavy (non-hydrogen) atoms. The zero-order valence-electron chi connectivity index (χ0n) is 13.7. The second-order valence-electron chi connectivity index (χ2n) is 5.61. The van der Waals surface area contributed by atoms with Crippen molar-refractivity contribution in [2.24, 2.45) is 0 Å². The lowest BCUT2D eigenvalue weighted by molar-refractivity contribution is 0.585. The molecule has 0 saturated heterocycles. The van der Waals surface area contributed by atoms with E-state index in [4.69, 9.17) is 16.9 Å². The number of nitriles is 1. The molecule has 1 aromatic heterocycles. The van der Waals surface area contributed by atoms with Crippen molar-refractivity contribution < 1.29 is 0 Å². The Kier molecular flexibility index (Phi) is 5.42. The fourth-order valence-corrected chi connectivity index (χ4v) is 3.68. The molecule has 1 heterocycles. The molecule has 0 aliphatic heterocycles. The molecule has 0 spiro atoms. The lowest BCUT2D eigenvalue weighted by Crippen LogP contribution is -2.23. The highest BCUT2D eigenvalue weighted by Crippen LogP contribution is 2.24. The summed E-state index contributed by atoms with van der Waals surface area (Å²) in [4.78, 5) is 17.4. The van der Waals surface area contributed by atoms with E-state index in [-0.39, 0.29) is 5.56 Å². The third kappa shape index (κ3) is 3.87. The SMILES string of the molecule is CCCn1c(SCc2ccc(C#N)cc2)nc2cc(Cl)ccc2c1=O. The van der Waals surface area contributed by atoms with Crippen LogP contribution in [0.5, 0.6) is 0 Å². The van der Waals surface area contributed by atoms with E-state index in [1.165, 1.54) is 11.8 Å². The molecule has 4 nitrogen and oxygen atoms in total. The Morgan fingerprint density at radius 2 is 2.00 bits per heavy atom. The van der Waals surface area contributed by atoms with Crippen LogP contribution in [0.1, 0.15) is 24.5 Å². The fraction of sp³-hybridized carbons (Fsp3) is 0.211. The van der Waals surface area contributed by atoms with Gasteiger partial charge in [0, 0.05) is 17.3 Å². The highest BCUT2D eigenvalue weighted by atomic mass is 35.5. The maximum Gasteiger partial charge on any atom is 0.262 e. The molecule has 6 heteroatoms. The van der Waals surface area contributed by atoms with Crippen LogP contribution in [0, 0.1) is 11.3 Å². The van der Waals surface area contributed by atoms with Gasteiger partial charge in [-0.25, -0.2) is 4.98 Å². The summed E-state index contributed by atoms with van der Waals surface area (Å²) < 4.78 is 1.73. The molecule has 3 aromatic rings. The highest BCUT2D eigenvalue weighted by molar-refractivity contribution is 7.98. The van der Waals surface area contributed by atoms with Crippen LogP contribution in [0.15, 0.2) is 52.4 Å². The normalized spacial score (nSPS) is 10.8. The average molecular weight is 370 g/mol. The Labute approximate surface area is 155 Å². The Hall–Kier alpha value is -2.29. The van der Waals surface area contributed by atoms with Gasteiger partial charge in [-0.1, -0.05) is 42.4 Å². The molecule has 0 radical (unpaired) electrons. The zero-order chi connectivity index (χ0) is 17.8. The Balaban J connectivity index is 1.96. The standard InChI is InChI=1S/C19H16ClN3OS/c1-2-9-23-18(24)16-8-7-15(20)10-17(16)22-19(23)25-12-14-5-3-13(11-21)4-6-14/h3-8,10H,2,9,12H2,1H3. The van der Waals surface area contributed by atoms with Gasteiger partial charge in [-0.3, -0.25) is 9.36 Å². The van der Waals surface area contributed by atoms with Gasteiger partial charge in [-0.15, -0.1) is 0 Å². The van der Waals surface area contributed by atoms with Crippen molar-refractivity contribution in [1.29, 1.82) is 5.26 Å². The van der Waals surface area contributed by atoms with E-state index in [9.17, 15) is 4.79 Å². The number of hydrogen-bond donors (Lipinski definition) is 0. The molecule has 0 saturated carbocycles. The molecular weight excluding hydrogens is 354 g/mol. The molecule has 3 rings (SSSR count). The number of thioether (sulfide) groups is 1. The first-order valence-corrected chi connectivity index (χ1v) is 9.30. The Morgan fingerprint density at radius 3 is 2.68 bits per heavy atom. The molecular formula is C19H16ClN3OS. The van der Waals surface area contributed by atoms with Crippen LogP contribution >= 0.6 is 23.4 Å². The van der Waals surface area contributed by atoms with Gasteiger partial charge >= 0.3 is 0 Å². The van der Waals surface area contributed by atoms with E-state index in [0.29, 0.717) is 38.9 Å². The second-order valence-corrected chi connectivity index (χ2v) is 6.99. The topological polar surface area (TPSA) is 58.7 Å². The van der Waals surface area contributed by atoms with Crippen molar-refractivity contribution in [3.63, 3.8) is 0 Å². The van der Waals surface area contributed by atoms with E-state index in [2.05, 4.69) is 11.1 Å². The summed E-state index contributed by atoms with van der Waals surface area (Å²) in [6.07, 6.45) is 0.852. The highest BCUT2D eigenvalue weighted by Gasteiger charge is 2.12. The lowest BCUT2D eigenvalue weighted by atomic mass is 10.2. The predicted octanol–water partition coefficient (Wildman–Crippen LogP) is 4.62. The average Bonchev–Trinajstić information content (AvgIpc) is 2.63. The van der Waals surface area contributed by atoms with Crippen LogP contribution in [0.2, 0.25) is 5.02 Å².